The summed E-state index contributed by atoms with van der Waals surface area (Å²) in [6, 6.07) is 13.1. The topological polar surface area (TPSA) is 69.4 Å². The molecule has 1 aliphatic rings. The van der Waals surface area contributed by atoms with Crippen LogP contribution in [0.15, 0.2) is 48.5 Å². The van der Waals surface area contributed by atoms with Gasteiger partial charge in [0.15, 0.2) is 0 Å². The number of nitrogens with zero attached hydrogens (tertiary/aromatic N) is 1. The lowest BCUT2D eigenvalue weighted by Crippen LogP contribution is -2.00. The summed E-state index contributed by atoms with van der Waals surface area (Å²) in [6.07, 6.45) is 1.66. The van der Waals surface area contributed by atoms with Crippen molar-refractivity contribution in [3.63, 3.8) is 0 Å². The Morgan fingerprint density at radius 2 is 1.75 bits per heavy atom. The van der Waals surface area contributed by atoms with Crippen LogP contribution in [0.3, 0.4) is 0 Å². The van der Waals surface area contributed by atoms with E-state index in [1.807, 2.05) is 6.07 Å². The van der Waals surface area contributed by atoms with Crippen molar-refractivity contribution in [2.24, 2.45) is 0 Å². The maximum atomic E-state index is 11.8. The molecule has 1 aliphatic heterocycles. The van der Waals surface area contributed by atoms with Gasteiger partial charge in [0.2, 0.25) is 0 Å². The van der Waals surface area contributed by atoms with Crippen LogP contribution in [0, 0.1) is 10.1 Å². The molecule has 20 heavy (non-hydrogen) atoms. The Labute approximate surface area is 114 Å². The van der Waals surface area contributed by atoms with Gasteiger partial charge in [0.25, 0.3) is 5.69 Å². The maximum absolute atomic E-state index is 11.8. The molecular formula is C15H9NO4. The lowest BCUT2D eigenvalue weighted by molar-refractivity contribution is -0.384. The predicted octanol–water partition coefficient (Wildman–Crippen LogP) is 3.05. The third-order valence-electron chi connectivity index (χ3n) is 3.01. The van der Waals surface area contributed by atoms with Gasteiger partial charge in [0, 0.05) is 17.7 Å². The molecule has 98 valence electrons. The van der Waals surface area contributed by atoms with E-state index in [1.54, 1.807) is 36.4 Å². The van der Waals surface area contributed by atoms with Gasteiger partial charge in [-0.15, -0.1) is 0 Å². The monoisotopic (exact) mass is 267 g/mol. The summed E-state index contributed by atoms with van der Waals surface area (Å²) >= 11 is 0. The number of ether oxygens (including phenoxy) is 1. The number of hydrogen-bond donors (Lipinski definition) is 0. The number of nitro benzene ring substituents is 1. The van der Waals surface area contributed by atoms with Crippen molar-refractivity contribution < 1.29 is 14.5 Å². The molecule has 0 saturated carbocycles. The minimum Gasteiger partial charge on any atom is -0.422 e. The van der Waals surface area contributed by atoms with Crippen LogP contribution in [0.2, 0.25) is 0 Å². The van der Waals surface area contributed by atoms with Gasteiger partial charge in [-0.1, -0.05) is 18.2 Å². The molecule has 5 nitrogen and oxygen atoms in total. The van der Waals surface area contributed by atoms with E-state index in [-0.39, 0.29) is 5.69 Å². The Kier molecular flexibility index (Phi) is 2.80. The summed E-state index contributed by atoms with van der Waals surface area (Å²) < 4.78 is 5.14. The van der Waals surface area contributed by atoms with Gasteiger partial charge in [-0.25, -0.2) is 4.79 Å². The van der Waals surface area contributed by atoms with Gasteiger partial charge < -0.3 is 4.74 Å². The minimum absolute atomic E-state index is 0.0153. The number of fused-ring (bicyclic) bond motifs is 1. The summed E-state index contributed by atoms with van der Waals surface area (Å²) in [5.74, 6) is 0.121. The first-order chi connectivity index (χ1) is 9.65. The lowest BCUT2D eigenvalue weighted by atomic mass is 10.0. The number of nitro groups is 1. The van der Waals surface area contributed by atoms with Crippen molar-refractivity contribution in [1.29, 1.82) is 0 Å². The summed E-state index contributed by atoms with van der Waals surface area (Å²) in [5.41, 5.74) is 1.91. The third kappa shape index (κ3) is 2.05. The smallest absolute Gasteiger partial charge is 0.344 e. The number of rotatable bonds is 2. The quantitative estimate of drug-likeness (QED) is 0.276. The number of carbonyl (C=O) groups excluding carboxylic acids is 1. The fourth-order valence-corrected chi connectivity index (χ4v) is 2.04. The standard InChI is InChI=1S/C15H9NO4/c17-15-13(12-3-1-2-4-14(12)20-15)9-10-5-7-11(8-6-10)16(18)19/h1-9H. The van der Waals surface area contributed by atoms with Crippen molar-refractivity contribution in [3.8, 4) is 5.75 Å². The zero-order valence-corrected chi connectivity index (χ0v) is 10.3. The van der Waals surface area contributed by atoms with E-state index in [9.17, 15) is 14.9 Å². The first-order valence-electron chi connectivity index (χ1n) is 5.93. The van der Waals surface area contributed by atoms with Gasteiger partial charge in [-0.3, -0.25) is 10.1 Å². The van der Waals surface area contributed by atoms with Crippen molar-refractivity contribution in [3.05, 3.63) is 69.8 Å². The van der Waals surface area contributed by atoms with Crippen LogP contribution >= 0.6 is 0 Å². The highest BCUT2D eigenvalue weighted by molar-refractivity contribution is 6.25. The summed E-state index contributed by atoms with van der Waals surface area (Å²) in [5, 5.41) is 10.6. The Morgan fingerprint density at radius 1 is 1.05 bits per heavy atom. The SMILES string of the molecule is O=C1Oc2ccccc2C1=Cc1ccc([N+](=O)[O-])cc1. The van der Waals surface area contributed by atoms with E-state index in [1.165, 1.54) is 12.1 Å². The van der Waals surface area contributed by atoms with Crippen molar-refractivity contribution >= 4 is 23.3 Å². The Hall–Kier alpha value is -2.95. The molecule has 0 bridgehead atoms. The number of carbonyl (C=O) groups is 1. The van der Waals surface area contributed by atoms with Gasteiger partial charge >= 0.3 is 5.97 Å². The van der Waals surface area contributed by atoms with Crippen LogP contribution in [0.25, 0.3) is 11.6 Å². The Balaban J connectivity index is 2.00. The molecule has 5 heteroatoms. The second kappa shape index (κ2) is 4.62. The number of esters is 1. The number of benzene rings is 2. The molecule has 0 spiro atoms. The molecule has 1 heterocycles. The van der Waals surface area contributed by atoms with E-state index < -0.39 is 10.9 Å². The third-order valence-corrected chi connectivity index (χ3v) is 3.01. The molecule has 0 radical (unpaired) electrons. The van der Waals surface area contributed by atoms with Crippen LogP contribution in [-0.2, 0) is 4.79 Å². The van der Waals surface area contributed by atoms with Crippen LogP contribution in [0.4, 0.5) is 5.69 Å². The molecule has 2 aromatic rings. The average molecular weight is 267 g/mol. The number of non-ortho nitro benzene ring substituents is 1. The molecule has 0 unspecified atom stereocenters. The molecule has 0 aliphatic carbocycles. The second-order valence-electron chi connectivity index (χ2n) is 4.29. The number of para-hydroxylation sites is 1. The first-order valence-corrected chi connectivity index (χ1v) is 5.93. The van der Waals surface area contributed by atoms with E-state index in [2.05, 4.69) is 0 Å². The fourth-order valence-electron chi connectivity index (χ4n) is 2.04. The van der Waals surface area contributed by atoms with Gasteiger partial charge in [-0.05, 0) is 29.8 Å². The summed E-state index contributed by atoms with van der Waals surface area (Å²) in [4.78, 5) is 21.9. The maximum Gasteiger partial charge on any atom is 0.344 e. The molecule has 0 amide bonds. The molecule has 0 atom stereocenters. The molecule has 0 N–H and O–H groups in total. The van der Waals surface area contributed by atoms with E-state index in [0.717, 1.165) is 5.56 Å². The zero-order valence-electron chi connectivity index (χ0n) is 10.3. The summed E-state index contributed by atoms with van der Waals surface area (Å²) in [6.45, 7) is 0. The fraction of sp³-hybridized carbons (Fsp3) is 0. The van der Waals surface area contributed by atoms with Crippen molar-refractivity contribution in [2.75, 3.05) is 0 Å². The molecule has 3 rings (SSSR count). The minimum atomic E-state index is -0.462. The average Bonchev–Trinajstić information content (AvgIpc) is 2.76. The van der Waals surface area contributed by atoms with E-state index in [4.69, 9.17) is 4.74 Å². The molecule has 0 aromatic heterocycles. The molecule has 0 saturated heterocycles. The van der Waals surface area contributed by atoms with Crippen LogP contribution in [0.1, 0.15) is 11.1 Å². The van der Waals surface area contributed by atoms with Crippen molar-refractivity contribution in [2.45, 2.75) is 0 Å². The van der Waals surface area contributed by atoms with Crippen LogP contribution < -0.4 is 4.74 Å². The highest BCUT2D eigenvalue weighted by Gasteiger charge is 2.26. The van der Waals surface area contributed by atoms with Gasteiger partial charge in [0.05, 0.1) is 10.5 Å². The normalized spacial score (nSPS) is 15.0. The first kappa shape index (κ1) is 12.1. The molecule has 2 aromatic carbocycles. The predicted molar refractivity (Wildman–Crippen MR) is 73.0 cm³/mol. The second-order valence-corrected chi connectivity index (χ2v) is 4.29. The number of hydrogen-bond acceptors (Lipinski definition) is 4. The van der Waals surface area contributed by atoms with Crippen LogP contribution in [-0.4, -0.2) is 10.9 Å². The Morgan fingerprint density at radius 3 is 2.45 bits per heavy atom. The van der Waals surface area contributed by atoms with Gasteiger partial charge in [0.1, 0.15) is 5.75 Å². The molecular weight excluding hydrogens is 258 g/mol. The lowest BCUT2D eigenvalue weighted by Gasteiger charge is -1.97. The highest BCUT2D eigenvalue weighted by Crippen LogP contribution is 2.34. The largest absolute Gasteiger partial charge is 0.422 e. The molecule has 0 fully saturated rings. The van der Waals surface area contributed by atoms with Crippen LogP contribution in [0.5, 0.6) is 5.75 Å². The van der Waals surface area contributed by atoms with Gasteiger partial charge in [-0.2, -0.15) is 0 Å². The zero-order chi connectivity index (χ0) is 14.1. The Bertz CT molecular complexity index is 732. The van der Waals surface area contributed by atoms with Crippen molar-refractivity contribution in [1.82, 2.24) is 0 Å². The summed E-state index contributed by atoms with van der Waals surface area (Å²) in [7, 11) is 0. The van der Waals surface area contributed by atoms with E-state index in [0.29, 0.717) is 16.9 Å². The van der Waals surface area contributed by atoms with E-state index >= 15 is 0 Å². The highest BCUT2D eigenvalue weighted by atomic mass is 16.6.